The van der Waals surface area contributed by atoms with Crippen LogP contribution >= 0.6 is 0 Å². The second-order valence-electron chi connectivity index (χ2n) is 5.10. The van der Waals surface area contributed by atoms with E-state index in [4.69, 9.17) is 15.9 Å². The van der Waals surface area contributed by atoms with Crippen molar-refractivity contribution < 1.29 is 4.74 Å². The number of morpholine rings is 1. The summed E-state index contributed by atoms with van der Waals surface area (Å²) >= 11 is 0. The zero-order valence-corrected chi connectivity index (χ0v) is 11.2. The highest BCUT2D eigenvalue weighted by Gasteiger charge is 2.24. The average molecular weight is 247 g/mol. The van der Waals surface area contributed by atoms with Crippen LogP contribution in [0.15, 0.2) is 18.2 Å². The highest BCUT2D eigenvalue weighted by Crippen LogP contribution is 2.25. The predicted molar refractivity (Wildman–Crippen MR) is 74.4 cm³/mol. The van der Waals surface area contributed by atoms with E-state index in [1.165, 1.54) is 0 Å². The summed E-state index contributed by atoms with van der Waals surface area (Å²) in [4.78, 5) is 2.26. The fraction of sp³-hybridized carbons (Fsp3) is 0.500. The van der Waals surface area contributed by atoms with Crippen molar-refractivity contribution in [1.29, 1.82) is 5.41 Å². The molecule has 2 rings (SSSR count). The number of aryl methyl sites for hydroxylation is 1. The number of nitrogens with one attached hydrogen (secondary N) is 1. The molecule has 2 atom stereocenters. The van der Waals surface area contributed by atoms with Gasteiger partial charge in [0, 0.05) is 24.3 Å². The number of ether oxygens (including phenoxy) is 1. The molecule has 0 aromatic heterocycles. The molecule has 0 spiro atoms. The van der Waals surface area contributed by atoms with Crippen LogP contribution in [0, 0.1) is 12.3 Å². The molecule has 1 aromatic carbocycles. The van der Waals surface area contributed by atoms with E-state index in [2.05, 4.69) is 30.9 Å². The van der Waals surface area contributed by atoms with Gasteiger partial charge in [0.15, 0.2) is 0 Å². The van der Waals surface area contributed by atoms with Crippen LogP contribution in [0.1, 0.15) is 25.0 Å². The molecule has 0 aliphatic carbocycles. The molecule has 3 N–H and O–H groups in total. The summed E-state index contributed by atoms with van der Waals surface area (Å²) in [5.41, 5.74) is 8.66. The minimum atomic E-state index is 0.125. The molecular formula is C14H21N3O. The number of amidine groups is 1. The summed E-state index contributed by atoms with van der Waals surface area (Å²) in [5, 5.41) is 7.71. The van der Waals surface area contributed by atoms with E-state index in [0.29, 0.717) is 0 Å². The highest BCUT2D eigenvalue weighted by molar-refractivity contribution is 6.00. The monoisotopic (exact) mass is 247 g/mol. The summed E-state index contributed by atoms with van der Waals surface area (Å²) in [7, 11) is 0. The van der Waals surface area contributed by atoms with Crippen molar-refractivity contribution in [2.75, 3.05) is 18.0 Å². The zero-order chi connectivity index (χ0) is 13.3. The Bertz CT molecular complexity index is 448. The number of hydrogen-bond acceptors (Lipinski definition) is 3. The van der Waals surface area contributed by atoms with Gasteiger partial charge in [0.1, 0.15) is 5.84 Å². The lowest BCUT2D eigenvalue weighted by molar-refractivity contribution is -0.00522. The van der Waals surface area contributed by atoms with Gasteiger partial charge < -0.3 is 15.4 Å². The van der Waals surface area contributed by atoms with Gasteiger partial charge in [-0.15, -0.1) is 0 Å². The largest absolute Gasteiger partial charge is 0.384 e. The summed E-state index contributed by atoms with van der Waals surface area (Å²) in [6.07, 6.45) is 0.407. The Kier molecular flexibility index (Phi) is 3.57. The third-order valence-electron chi connectivity index (χ3n) is 3.20. The first kappa shape index (κ1) is 12.9. The number of rotatable bonds is 2. The standard InChI is InChI=1S/C14H21N3O/c1-9-4-5-13(12(6-9)14(15)16)17-7-10(2)18-11(3)8-17/h4-6,10-11H,7-8H2,1-3H3,(H3,15,16). The van der Waals surface area contributed by atoms with E-state index in [-0.39, 0.29) is 18.0 Å². The molecule has 0 bridgehead atoms. The molecular weight excluding hydrogens is 226 g/mol. The van der Waals surface area contributed by atoms with Crippen LogP contribution in [-0.2, 0) is 4.74 Å². The highest BCUT2D eigenvalue weighted by atomic mass is 16.5. The van der Waals surface area contributed by atoms with Gasteiger partial charge in [0.05, 0.1) is 12.2 Å². The zero-order valence-electron chi connectivity index (χ0n) is 11.2. The Labute approximate surface area is 108 Å². The maximum atomic E-state index is 7.71. The summed E-state index contributed by atoms with van der Waals surface area (Å²) in [6, 6.07) is 6.09. The predicted octanol–water partition coefficient (Wildman–Crippen LogP) is 1.89. The second-order valence-corrected chi connectivity index (χ2v) is 5.10. The maximum Gasteiger partial charge on any atom is 0.124 e. The topological polar surface area (TPSA) is 62.3 Å². The van der Waals surface area contributed by atoms with Gasteiger partial charge in [-0.25, -0.2) is 0 Å². The molecule has 0 saturated carbocycles. The fourth-order valence-electron chi connectivity index (χ4n) is 2.52. The molecule has 4 nitrogen and oxygen atoms in total. The molecule has 18 heavy (non-hydrogen) atoms. The lowest BCUT2D eigenvalue weighted by Crippen LogP contribution is -2.46. The number of nitrogens with zero attached hydrogens (tertiary/aromatic N) is 1. The molecule has 98 valence electrons. The normalized spacial score (nSPS) is 24.1. The first-order valence-electron chi connectivity index (χ1n) is 6.33. The van der Waals surface area contributed by atoms with Crippen molar-refractivity contribution in [3.8, 4) is 0 Å². The SMILES string of the molecule is Cc1ccc(N2CC(C)OC(C)C2)c(C(=N)N)c1. The number of anilines is 1. The van der Waals surface area contributed by atoms with Crippen molar-refractivity contribution >= 4 is 11.5 Å². The van der Waals surface area contributed by atoms with Crippen LogP contribution < -0.4 is 10.6 Å². The minimum absolute atomic E-state index is 0.125. The molecule has 1 fully saturated rings. The fourth-order valence-corrected chi connectivity index (χ4v) is 2.52. The molecule has 1 aromatic rings. The molecule has 0 amide bonds. The van der Waals surface area contributed by atoms with E-state index in [9.17, 15) is 0 Å². The van der Waals surface area contributed by atoms with Crippen molar-refractivity contribution in [3.63, 3.8) is 0 Å². The lowest BCUT2D eigenvalue weighted by Gasteiger charge is -2.37. The van der Waals surface area contributed by atoms with Crippen LogP contribution in [0.5, 0.6) is 0 Å². The van der Waals surface area contributed by atoms with Gasteiger partial charge in [-0.2, -0.15) is 0 Å². The van der Waals surface area contributed by atoms with E-state index < -0.39 is 0 Å². The number of benzene rings is 1. The smallest absolute Gasteiger partial charge is 0.124 e. The molecule has 1 aliphatic heterocycles. The molecule has 0 radical (unpaired) electrons. The lowest BCUT2D eigenvalue weighted by atomic mass is 10.1. The minimum Gasteiger partial charge on any atom is -0.384 e. The summed E-state index contributed by atoms with van der Waals surface area (Å²) in [6.45, 7) is 7.84. The first-order chi connectivity index (χ1) is 8.47. The van der Waals surface area contributed by atoms with Gasteiger partial charge in [-0.3, -0.25) is 5.41 Å². The molecule has 1 saturated heterocycles. The van der Waals surface area contributed by atoms with Crippen molar-refractivity contribution in [3.05, 3.63) is 29.3 Å². The molecule has 2 unspecified atom stereocenters. The summed E-state index contributed by atoms with van der Waals surface area (Å²) in [5.74, 6) is 0.125. The number of nitrogens with two attached hydrogens (primary N) is 1. The van der Waals surface area contributed by atoms with Gasteiger partial charge >= 0.3 is 0 Å². The van der Waals surface area contributed by atoms with Gasteiger partial charge in [0.2, 0.25) is 0 Å². The number of hydrogen-bond donors (Lipinski definition) is 2. The quantitative estimate of drug-likeness (QED) is 0.619. The van der Waals surface area contributed by atoms with E-state index in [1.807, 2.05) is 13.0 Å². The van der Waals surface area contributed by atoms with Crippen LogP contribution in [0.4, 0.5) is 5.69 Å². The Balaban J connectivity index is 2.35. The number of nitrogen functional groups attached to an aromatic ring is 1. The maximum absolute atomic E-state index is 7.71. The van der Waals surface area contributed by atoms with E-state index in [0.717, 1.165) is 29.9 Å². The van der Waals surface area contributed by atoms with Gasteiger partial charge in [0.25, 0.3) is 0 Å². The van der Waals surface area contributed by atoms with Crippen LogP contribution in [0.2, 0.25) is 0 Å². The van der Waals surface area contributed by atoms with Crippen molar-refractivity contribution in [2.45, 2.75) is 33.0 Å². The van der Waals surface area contributed by atoms with Crippen molar-refractivity contribution in [1.82, 2.24) is 0 Å². The van der Waals surface area contributed by atoms with Crippen molar-refractivity contribution in [2.24, 2.45) is 5.73 Å². The Hall–Kier alpha value is -1.55. The van der Waals surface area contributed by atoms with Gasteiger partial charge in [-0.1, -0.05) is 11.6 Å². The average Bonchev–Trinajstić information content (AvgIpc) is 2.27. The van der Waals surface area contributed by atoms with Gasteiger partial charge in [-0.05, 0) is 32.9 Å². The molecule has 4 heteroatoms. The molecule has 1 heterocycles. The third kappa shape index (κ3) is 2.64. The van der Waals surface area contributed by atoms with E-state index >= 15 is 0 Å². The van der Waals surface area contributed by atoms with Crippen LogP contribution in [0.3, 0.4) is 0 Å². The van der Waals surface area contributed by atoms with Crippen LogP contribution in [0.25, 0.3) is 0 Å². The Morgan fingerprint density at radius 2 is 1.94 bits per heavy atom. The summed E-state index contributed by atoms with van der Waals surface area (Å²) < 4.78 is 5.74. The van der Waals surface area contributed by atoms with Crippen LogP contribution in [-0.4, -0.2) is 31.1 Å². The molecule has 1 aliphatic rings. The Morgan fingerprint density at radius 1 is 1.33 bits per heavy atom. The second kappa shape index (κ2) is 4.98. The third-order valence-corrected chi connectivity index (χ3v) is 3.20. The Morgan fingerprint density at radius 3 is 2.50 bits per heavy atom. The van der Waals surface area contributed by atoms with E-state index in [1.54, 1.807) is 0 Å². The first-order valence-corrected chi connectivity index (χ1v) is 6.33.